The average Bonchev–Trinajstić information content (AvgIpc) is 2.67. The number of carbonyl (C=O) groups is 2. The Hall–Kier alpha value is -1.78. The van der Waals surface area contributed by atoms with Crippen LogP contribution in [-0.4, -0.2) is 69.0 Å². The zero-order valence-corrected chi connectivity index (χ0v) is 19.9. The van der Waals surface area contributed by atoms with Crippen LogP contribution in [0.5, 0.6) is 0 Å². The number of benzene rings is 1. The molecule has 2 rings (SSSR count). The number of carbonyl (C=O) groups excluding carboxylic acids is 2. The molecule has 8 nitrogen and oxygen atoms in total. The number of esters is 2. The lowest BCUT2D eigenvalue weighted by Gasteiger charge is -2.43. The molecule has 0 unspecified atom stereocenters. The highest BCUT2D eigenvalue weighted by Gasteiger charge is 2.50. The minimum Gasteiger partial charge on any atom is -0.455 e. The summed E-state index contributed by atoms with van der Waals surface area (Å²) in [4.78, 5) is 23.3. The second-order valence-corrected chi connectivity index (χ2v) is 14.5. The summed E-state index contributed by atoms with van der Waals surface area (Å²) < 4.78 is 28.2. The fourth-order valence-electron chi connectivity index (χ4n) is 3.15. The molecule has 31 heavy (non-hydrogen) atoms. The van der Waals surface area contributed by atoms with Crippen molar-refractivity contribution < 1.29 is 38.4 Å². The summed E-state index contributed by atoms with van der Waals surface area (Å²) in [5.74, 6) is -1.19. The van der Waals surface area contributed by atoms with Crippen molar-refractivity contribution in [3.05, 3.63) is 35.9 Å². The van der Waals surface area contributed by atoms with Gasteiger partial charge in [-0.05, 0) is 11.6 Å². The highest BCUT2D eigenvalue weighted by Crippen LogP contribution is 2.28. The Morgan fingerprint density at radius 1 is 1.03 bits per heavy atom. The maximum absolute atomic E-state index is 11.7. The Labute approximate surface area is 184 Å². The summed E-state index contributed by atoms with van der Waals surface area (Å²) in [6, 6.07) is 10.5. The van der Waals surface area contributed by atoms with Crippen LogP contribution < -0.4 is 0 Å². The van der Waals surface area contributed by atoms with Gasteiger partial charge in [0.25, 0.3) is 0 Å². The van der Waals surface area contributed by atoms with Gasteiger partial charge in [0, 0.05) is 28.5 Å². The van der Waals surface area contributed by atoms with Gasteiger partial charge in [0.1, 0.15) is 12.2 Å². The lowest BCUT2D eigenvalue weighted by molar-refractivity contribution is -0.306. The molecule has 0 radical (unpaired) electrons. The van der Waals surface area contributed by atoms with Crippen LogP contribution in [-0.2, 0) is 39.9 Å². The highest BCUT2D eigenvalue weighted by atomic mass is 28.3. The third-order valence-corrected chi connectivity index (χ3v) is 6.45. The van der Waals surface area contributed by atoms with Crippen molar-refractivity contribution in [2.24, 2.45) is 0 Å². The SMILES string of the molecule is CC(=O)O[C@H]1[C@H](OCC[Si](C)(C)C)O[C@H](COCc2ccccc2)[C@@H](O)[C@@H]1OC(C)=O. The van der Waals surface area contributed by atoms with Crippen LogP contribution in [0.25, 0.3) is 0 Å². The Kier molecular flexibility index (Phi) is 9.64. The lowest BCUT2D eigenvalue weighted by Crippen LogP contribution is -2.61. The van der Waals surface area contributed by atoms with Crippen LogP contribution in [0.3, 0.4) is 0 Å². The Morgan fingerprint density at radius 2 is 1.65 bits per heavy atom. The molecule has 1 heterocycles. The molecule has 0 bridgehead atoms. The van der Waals surface area contributed by atoms with Gasteiger partial charge in [-0.3, -0.25) is 9.59 Å². The van der Waals surface area contributed by atoms with E-state index in [4.69, 9.17) is 23.7 Å². The van der Waals surface area contributed by atoms with Crippen LogP contribution in [0, 0.1) is 0 Å². The molecule has 0 aliphatic carbocycles. The first-order valence-corrected chi connectivity index (χ1v) is 14.2. The van der Waals surface area contributed by atoms with E-state index in [1.54, 1.807) is 0 Å². The van der Waals surface area contributed by atoms with Crippen molar-refractivity contribution in [3.63, 3.8) is 0 Å². The fraction of sp³-hybridized carbons (Fsp3) is 0.636. The maximum Gasteiger partial charge on any atom is 0.303 e. The van der Waals surface area contributed by atoms with Crippen molar-refractivity contribution in [2.75, 3.05) is 13.2 Å². The summed E-state index contributed by atoms with van der Waals surface area (Å²) in [6.45, 7) is 9.90. The van der Waals surface area contributed by atoms with Gasteiger partial charge in [-0.15, -0.1) is 0 Å². The second kappa shape index (κ2) is 11.7. The first-order valence-electron chi connectivity index (χ1n) is 10.5. The van der Waals surface area contributed by atoms with E-state index in [2.05, 4.69) is 19.6 Å². The molecule has 0 saturated carbocycles. The van der Waals surface area contributed by atoms with Crippen molar-refractivity contribution in [1.82, 2.24) is 0 Å². The van der Waals surface area contributed by atoms with Crippen molar-refractivity contribution in [2.45, 2.75) is 76.8 Å². The third kappa shape index (κ3) is 8.70. The van der Waals surface area contributed by atoms with E-state index in [0.29, 0.717) is 13.2 Å². The predicted octanol–water partition coefficient (Wildman–Crippen LogP) is 2.51. The third-order valence-electron chi connectivity index (χ3n) is 4.75. The monoisotopic (exact) mass is 454 g/mol. The number of aliphatic hydroxyl groups is 1. The molecule has 9 heteroatoms. The van der Waals surface area contributed by atoms with Crippen LogP contribution >= 0.6 is 0 Å². The molecular formula is C22H34O8Si. The molecule has 5 atom stereocenters. The summed E-state index contributed by atoms with van der Waals surface area (Å²) in [5, 5.41) is 10.8. The average molecular weight is 455 g/mol. The molecule has 1 aromatic carbocycles. The number of hydrogen-bond acceptors (Lipinski definition) is 8. The van der Waals surface area contributed by atoms with E-state index in [-0.39, 0.29) is 6.61 Å². The van der Waals surface area contributed by atoms with E-state index in [9.17, 15) is 14.7 Å². The Morgan fingerprint density at radius 3 is 2.23 bits per heavy atom. The number of ether oxygens (including phenoxy) is 5. The molecule has 1 fully saturated rings. The summed E-state index contributed by atoms with van der Waals surface area (Å²) in [5.41, 5.74) is 0.977. The van der Waals surface area contributed by atoms with Crippen LogP contribution in [0.4, 0.5) is 0 Å². The standard InChI is InChI=1S/C22H34O8Si/c1-15(23)28-20-19(25)18(14-26-13-17-9-7-6-8-10-17)30-22(21(20)29-16(2)24)27-11-12-31(3,4)5/h6-10,18-22,25H,11-14H2,1-5H3/t18-,19-,20+,21-,22-/m1/s1. The molecule has 1 aliphatic heterocycles. The van der Waals surface area contributed by atoms with E-state index >= 15 is 0 Å². The highest BCUT2D eigenvalue weighted by molar-refractivity contribution is 6.76. The van der Waals surface area contributed by atoms with E-state index in [1.807, 2.05) is 30.3 Å². The van der Waals surface area contributed by atoms with Gasteiger partial charge in [0.2, 0.25) is 0 Å². The Balaban J connectivity index is 2.11. The second-order valence-electron chi connectivity index (χ2n) is 8.86. The molecule has 0 amide bonds. The van der Waals surface area contributed by atoms with Gasteiger partial charge in [-0.1, -0.05) is 50.0 Å². The molecule has 1 aromatic rings. The van der Waals surface area contributed by atoms with Crippen LogP contribution in [0.1, 0.15) is 19.4 Å². The smallest absolute Gasteiger partial charge is 0.303 e. The number of rotatable bonds is 10. The zero-order chi connectivity index (χ0) is 23.0. The number of hydrogen-bond donors (Lipinski definition) is 1. The Bertz CT molecular complexity index is 705. The minimum absolute atomic E-state index is 0.0501. The molecule has 0 spiro atoms. The topological polar surface area (TPSA) is 101 Å². The van der Waals surface area contributed by atoms with Gasteiger partial charge in [0.05, 0.1) is 13.2 Å². The largest absolute Gasteiger partial charge is 0.455 e. The quantitative estimate of drug-likeness (QED) is 0.425. The van der Waals surface area contributed by atoms with Crippen LogP contribution in [0.2, 0.25) is 25.7 Å². The normalized spacial score (nSPS) is 26.3. The first-order chi connectivity index (χ1) is 14.6. The first kappa shape index (κ1) is 25.5. The minimum atomic E-state index is -1.38. The van der Waals surface area contributed by atoms with Gasteiger partial charge in [0.15, 0.2) is 18.5 Å². The molecule has 1 aliphatic rings. The number of aliphatic hydroxyl groups excluding tert-OH is 1. The molecule has 1 saturated heterocycles. The predicted molar refractivity (Wildman–Crippen MR) is 116 cm³/mol. The van der Waals surface area contributed by atoms with Gasteiger partial charge >= 0.3 is 11.9 Å². The molecule has 0 aromatic heterocycles. The van der Waals surface area contributed by atoms with E-state index < -0.39 is 50.7 Å². The molecule has 1 N–H and O–H groups in total. The zero-order valence-electron chi connectivity index (χ0n) is 18.9. The summed E-state index contributed by atoms with van der Waals surface area (Å²) in [7, 11) is -1.38. The molecule has 174 valence electrons. The molecular weight excluding hydrogens is 420 g/mol. The lowest BCUT2D eigenvalue weighted by atomic mass is 9.98. The van der Waals surface area contributed by atoms with Gasteiger partial charge in [-0.2, -0.15) is 0 Å². The van der Waals surface area contributed by atoms with Gasteiger partial charge in [-0.25, -0.2) is 0 Å². The van der Waals surface area contributed by atoms with Crippen molar-refractivity contribution >= 4 is 20.0 Å². The van der Waals surface area contributed by atoms with Crippen molar-refractivity contribution in [3.8, 4) is 0 Å². The van der Waals surface area contributed by atoms with E-state index in [0.717, 1.165) is 11.6 Å². The van der Waals surface area contributed by atoms with Gasteiger partial charge < -0.3 is 28.8 Å². The maximum atomic E-state index is 11.7. The van der Waals surface area contributed by atoms with E-state index in [1.165, 1.54) is 13.8 Å². The van der Waals surface area contributed by atoms with Crippen LogP contribution in [0.15, 0.2) is 30.3 Å². The van der Waals surface area contributed by atoms with Crippen molar-refractivity contribution in [1.29, 1.82) is 0 Å². The summed E-state index contributed by atoms with van der Waals surface area (Å²) in [6.07, 6.45) is -5.27. The fourth-order valence-corrected chi connectivity index (χ4v) is 3.88. The summed E-state index contributed by atoms with van der Waals surface area (Å²) >= 11 is 0.